The van der Waals surface area contributed by atoms with Crippen LogP contribution in [-0.4, -0.2) is 53.0 Å². The van der Waals surface area contributed by atoms with Gasteiger partial charge in [0.25, 0.3) is 0 Å². The molecule has 0 aromatic heterocycles. The second kappa shape index (κ2) is 8.19. The second-order valence-corrected chi connectivity index (χ2v) is 8.24. The molecule has 2 aliphatic heterocycles. The van der Waals surface area contributed by atoms with Crippen LogP contribution in [-0.2, 0) is 4.79 Å². The molecule has 4 rings (SSSR count). The molecule has 2 aliphatic rings. The monoisotopic (exact) mass is 391 g/mol. The Balaban J connectivity index is 1.29. The van der Waals surface area contributed by atoms with Crippen LogP contribution in [0.15, 0.2) is 70.6 Å². The van der Waals surface area contributed by atoms with Crippen molar-refractivity contribution in [2.75, 3.05) is 32.8 Å². The van der Waals surface area contributed by atoms with E-state index in [1.165, 1.54) is 11.1 Å². The quantitative estimate of drug-likeness (QED) is 0.627. The summed E-state index contributed by atoms with van der Waals surface area (Å²) < 4.78 is 2.27. The van der Waals surface area contributed by atoms with Gasteiger partial charge in [-0.25, -0.2) is 4.31 Å². The molecule has 2 fully saturated rings. The number of nitriles is 1. The fourth-order valence-electron chi connectivity index (χ4n) is 3.43. The topological polar surface area (TPSA) is 67.6 Å². The van der Waals surface area contributed by atoms with Gasteiger partial charge in [0.15, 0.2) is 0 Å². The van der Waals surface area contributed by atoms with Crippen molar-refractivity contribution in [1.29, 1.82) is 5.26 Å². The lowest BCUT2D eigenvalue weighted by Gasteiger charge is -2.42. The molecule has 28 heavy (non-hydrogen) atoms. The van der Waals surface area contributed by atoms with Gasteiger partial charge in [0.2, 0.25) is 5.91 Å². The standard InChI is InChI=1S/C22H21N3O2S/c23-10-16-6-8-20(9-7-16)28-25-13-19(14-25)18-11-24(12-18)22(27)21(15-26)17-4-2-1-3-5-17/h1-9,21,26H,11-15H2. The number of hydrogen-bond acceptors (Lipinski definition) is 5. The first kappa shape index (κ1) is 18.8. The number of hydrogen-bond donors (Lipinski definition) is 1. The number of carbonyl (C=O) groups is 1. The minimum atomic E-state index is -0.474. The molecule has 2 heterocycles. The van der Waals surface area contributed by atoms with Crippen LogP contribution < -0.4 is 0 Å². The Morgan fingerprint density at radius 1 is 1.04 bits per heavy atom. The molecule has 1 atom stereocenters. The van der Waals surface area contributed by atoms with Crippen molar-refractivity contribution < 1.29 is 9.90 Å². The predicted octanol–water partition coefficient (Wildman–Crippen LogP) is 2.80. The largest absolute Gasteiger partial charge is 0.395 e. The number of likely N-dealkylation sites (tertiary alicyclic amines) is 1. The van der Waals surface area contributed by atoms with Gasteiger partial charge in [-0.1, -0.05) is 30.3 Å². The minimum Gasteiger partial charge on any atom is -0.395 e. The van der Waals surface area contributed by atoms with Gasteiger partial charge < -0.3 is 10.0 Å². The summed E-state index contributed by atoms with van der Waals surface area (Å²) in [5, 5.41) is 18.5. The maximum atomic E-state index is 12.7. The predicted molar refractivity (Wildman–Crippen MR) is 108 cm³/mol. The van der Waals surface area contributed by atoms with Crippen molar-refractivity contribution >= 4 is 17.9 Å². The van der Waals surface area contributed by atoms with E-state index in [1.54, 1.807) is 11.9 Å². The van der Waals surface area contributed by atoms with E-state index >= 15 is 0 Å². The smallest absolute Gasteiger partial charge is 0.233 e. The van der Waals surface area contributed by atoms with Crippen molar-refractivity contribution in [2.24, 2.45) is 0 Å². The van der Waals surface area contributed by atoms with Crippen LogP contribution >= 0.6 is 11.9 Å². The van der Waals surface area contributed by atoms with Gasteiger partial charge in [0.05, 0.1) is 24.2 Å². The zero-order valence-corrected chi connectivity index (χ0v) is 16.2. The zero-order chi connectivity index (χ0) is 19.5. The van der Waals surface area contributed by atoms with Crippen LogP contribution in [0.4, 0.5) is 0 Å². The third-order valence-electron chi connectivity index (χ3n) is 5.21. The summed E-state index contributed by atoms with van der Waals surface area (Å²) in [5.74, 6) is -0.473. The summed E-state index contributed by atoms with van der Waals surface area (Å²) in [6, 6.07) is 19.2. The van der Waals surface area contributed by atoms with Crippen molar-refractivity contribution in [3.05, 3.63) is 76.9 Å². The minimum absolute atomic E-state index is 0.00110. The fourth-order valence-corrected chi connectivity index (χ4v) is 4.43. The molecular weight excluding hydrogens is 370 g/mol. The Kier molecular flexibility index (Phi) is 5.49. The molecule has 2 aromatic carbocycles. The average Bonchev–Trinajstić information content (AvgIpc) is 2.66. The molecule has 6 heteroatoms. The third kappa shape index (κ3) is 3.83. The Morgan fingerprint density at radius 2 is 1.68 bits per heavy atom. The van der Waals surface area contributed by atoms with Crippen LogP contribution in [0.5, 0.6) is 0 Å². The Morgan fingerprint density at radius 3 is 2.29 bits per heavy atom. The Hall–Kier alpha value is -2.59. The van der Waals surface area contributed by atoms with Crippen molar-refractivity contribution in [3.8, 4) is 6.07 Å². The van der Waals surface area contributed by atoms with Crippen molar-refractivity contribution in [3.63, 3.8) is 0 Å². The molecule has 0 spiro atoms. The van der Waals surface area contributed by atoms with E-state index in [0.717, 1.165) is 23.5 Å². The normalized spacial score (nSPS) is 17.5. The lowest BCUT2D eigenvalue weighted by atomic mass is 9.92. The maximum absolute atomic E-state index is 12.7. The van der Waals surface area contributed by atoms with Crippen molar-refractivity contribution in [1.82, 2.24) is 9.21 Å². The highest BCUT2D eigenvalue weighted by Gasteiger charge is 2.35. The van der Waals surface area contributed by atoms with Crippen LogP contribution in [0, 0.1) is 11.3 Å². The van der Waals surface area contributed by atoms with Gasteiger partial charge in [-0.3, -0.25) is 4.79 Å². The number of amides is 1. The Bertz CT molecular complexity index is 919. The first-order chi connectivity index (χ1) is 13.7. The van der Waals surface area contributed by atoms with Gasteiger partial charge in [-0.05, 0) is 52.9 Å². The van der Waals surface area contributed by atoms with Crippen LogP contribution in [0.2, 0.25) is 0 Å². The molecule has 0 aliphatic carbocycles. The highest BCUT2D eigenvalue weighted by molar-refractivity contribution is 7.97. The third-order valence-corrected chi connectivity index (χ3v) is 6.21. The number of aliphatic hydroxyl groups is 1. The number of rotatable bonds is 5. The number of benzene rings is 2. The molecule has 1 unspecified atom stereocenters. The number of aliphatic hydroxyl groups excluding tert-OH is 1. The first-order valence-corrected chi connectivity index (χ1v) is 10.0. The average molecular weight is 391 g/mol. The molecule has 2 saturated heterocycles. The summed E-state index contributed by atoms with van der Waals surface area (Å²) in [4.78, 5) is 15.6. The molecule has 0 saturated carbocycles. The molecule has 2 aromatic rings. The van der Waals surface area contributed by atoms with Crippen molar-refractivity contribution in [2.45, 2.75) is 10.8 Å². The van der Waals surface area contributed by atoms with E-state index in [2.05, 4.69) is 10.4 Å². The molecule has 142 valence electrons. The first-order valence-electron chi connectivity index (χ1n) is 9.25. The van der Waals surface area contributed by atoms with Crippen LogP contribution in [0.1, 0.15) is 17.0 Å². The molecule has 0 radical (unpaired) electrons. The summed E-state index contributed by atoms with van der Waals surface area (Å²) >= 11 is 1.69. The molecule has 1 N–H and O–H groups in total. The number of carbonyl (C=O) groups excluding carboxylic acids is 1. The van der Waals surface area contributed by atoms with E-state index < -0.39 is 5.92 Å². The summed E-state index contributed by atoms with van der Waals surface area (Å²) in [7, 11) is 0. The van der Waals surface area contributed by atoms with E-state index in [9.17, 15) is 9.90 Å². The highest BCUT2D eigenvalue weighted by atomic mass is 32.2. The molecule has 0 bridgehead atoms. The second-order valence-electron chi connectivity index (χ2n) is 7.07. The summed E-state index contributed by atoms with van der Waals surface area (Å²) in [6.07, 6.45) is 0. The van der Waals surface area contributed by atoms with Crippen LogP contribution in [0.25, 0.3) is 0 Å². The molecule has 5 nitrogen and oxygen atoms in total. The van der Waals surface area contributed by atoms with Gasteiger partial charge in [0.1, 0.15) is 0 Å². The SMILES string of the molecule is N#Cc1ccc(SN2CC(=C3CN(C(=O)C(CO)c4ccccc4)C3)C2)cc1. The van der Waals surface area contributed by atoms with Gasteiger partial charge in [-0.2, -0.15) is 5.26 Å². The summed E-state index contributed by atoms with van der Waals surface area (Å²) in [5.41, 5.74) is 4.29. The Labute approximate surface area is 169 Å². The summed E-state index contributed by atoms with van der Waals surface area (Å²) in [6.45, 7) is 2.99. The molecular formula is C22H21N3O2S. The fraction of sp³-hybridized carbons (Fsp3) is 0.273. The van der Waals surface area contributed by atoms with E-state index in [4.69, 9.17) is 5.26 Å². The zero-order valence-electron chi connectivity index (χ0n) is 15.4. The highest BCUT2D eigenvalue weighted by Crippen LogP contribution is 2.34. The molecule has 1 amide bonds. The number of nitrogens with zero attached hydrogens (tertiary/aromatic N) is 3. The van der Waals surface area contributed by atoms with Gasteiger partial charge in [0, 0.05) is 31.1 Å². The van der Waals surface area contributed by atoms with Gasteiger partial charge >= 0.3 is 0 Å². The van der Waals surface area contributed by atoms with Crippen LogP contribution in [0.3, 0.4) is 0 Å². The maximum Gasteiger partial charge on any atom is 0.233 e. The van der Waals surface area contributed by atoms with E-state index in [-0.39, 0.29) is 12.5 Å². The van der Waals surface area contributed by atoms with E-state index in [1.807, 2.05) is 59.5 Å². The lowest BCUT2D eigenvalue weighted by molar-refractivity contribution is -0.135. The lowest BCUT2D eigenvalue weighted by Crippen LogP contribution is -2.50. The van der Waals surface area contributed by atoms with Gasteiger partial charge in [-0.15, -0.1) is 0 Å². The van der Waals surface area contributed by atoms with E-state index in [0.29, 0.717) is 18.7 Å².